The molecule has 0 atom stereocenters. The van der Waals surface area contributed by atoms with Crippen LogP contribution < -0.4 is 5.73 Å². The number of ether oxygens (including phenoxy) is 1. The van der Waals surface area contributed by atoms with Gasteiger partial charge in [0.1, 0.15) is 5.41 Å². The van der Waals surface area contributed by atoms with Crippen LogP contribution in [0, 0.1) is 6.92 Å². The fourth-order valence-corrected chi connectivity index (χ4v) is 2.20. The number of carbonyl (C=O) groups excluding carboxylic acids is 1. The first-order valence-corrected chi connectivity index (χ1v) is 5.03. The van der Waals surface area contributed by atoms with Crippen LogP contribution >= 0.6 is 11.3 Å². The predicted molar refractivity (Wildman–Crippen MR) is 56.3 cm³/mol. The zero-order valence-electron chi connectivity index (χ0n) is 8.75. The van der Waals surface area contributed by atoms with Gasteiger partial charge in [-0.15, -0.1) is 11.3 Å². The van der Waals surface area contributed by atoms with E-state index in [2.05, 4.69) is 4.98 Å². The number of aryl methyl sites for hydroxylation is 1. The number of carbonyl (C=O) groups is 1. The zero-order chi connectivity index (χ0) is 10.9. The molecule has 0 unspecified atom stereocenters. The molecule has 0 aliphatic heterocycles. The molecule has 0 aliphatic carbocycles. The normalized spacial score (nSPS) is 11.4. The Morgan fingerprint density at radius 3 is 2.50 bits per heavy atom. The van der Waals surface area contributed by atoms with Gasteiger partial charge in [0.25, 0.3) is 0 Å². The van der Waals surface area contributed by atoms with Crippen LogP contribution in [-0.2, 0) is 14.9 Å². The highest BCUT2D eigenvalue weighted by atomic mass is 32.1. The molecule has 1 rings (SSSR count). The number of aromatic nitrogens is 1. The van der Waals surface area contributed by atoms with Crippen molar-refractivity contribution in [1.29, 1.82) is 0 Å². The summed E-state index contributed by atoms with van der Waals surface area (Å²) in [6.45, 7) is 5.45. The van der Waals surface area contributed by atoms with Gasteiger partial charge < -0.3 is 10.5 Å². The summed E-state index contributed by atoms with van der Waals surface area (Å²) in [5.74, 6) is -0.300. The number of rotatable bonds is 2. The molecular formula is C9H14N2O2S. The average Bonchev–Trinajstić information content (AvgIpc) is 2.44. The van der Waals surface area contributed by atoms with Crippen molar-refractivity contribution in [3.63, 3.8) is 0 Å². The molecule has 0 radical (unpaired) electrons. The standard InChI is InChI=1S/C9H14N2O2S/c1-5-6(11-8(10)14-5)9(2,3)7(12)13-4/h1-4H3,(H2,10,11). The Hall–Kier alpha value is -1.10. The number of nitrogens with zero attached hydrogens (tertiary/aromatic N) is 1. The molecule has 1 heterocycles. The van der Waals surface area contributed by atoms with Crippen molar-refractivity contribution in [2.75, 3.05) is 12.8 Å². The quantitative estimate of drug-likeness (QED) is 0.757. The zero-order valence-corrected chi connectivity index (χ0v) is 9.57. The summed E-state index contributed by atoms with van der Waals surface area (Å²) in [5, 5.41) is 0.481. The van der Waals surface area contributed by atoms with E-state index >= 15 is 0 Å². The molecule has 0 amide bonds. The molecular weight excluding hydrogens is 200 g/mol. The van der Waals surface area contributed by atoms with Crippen LogP contribution in [0.2, 0.25) is 0 Å². The van der Waals surface area contributed by atoms with Gasteiger partial charge in [0.15, 0.2) is 5.13 Å². The first kappa shape index (κ1) is 11.0. The summed E-state index contributed by atoms with van der Waals surface area (Å²) in [7, 11) is 1.37. The maximum atomic E-state index is 11.5. The number of methoxy groups -OCH3 is 1. The fourth-order valence-electron chi connectivity index (χ4n) is 1.35. The van der Waals surface area contributed by atoms with E-state index in [9.17, 15) is 4.79 Å². The molecule has 2 N–H and O–H groups in total. The van der Waals surface area contributed by atoms with E-state index in [1.807, 2.05) is 6.92 Å². The van der Waals surface area contributed by atoms with E-state index in [-0.39, 0.29) is 5.97 Å². The fraction of sp³-hybridized carbons (Fsp3) is 0.556. The molecule has 14 heavy (non-hydrogen) atoms. The minimum Gasteiger partial charge on any atom is -0.468 e. The van der Waals surface area contributed by atoms with Crippen LogP contribution in [0.25, 0.3) is 0 Å². The van der Waals surface area contributed by atoms with Crippen molar-refractivity contribution in [3.05, 3.63) is 10.6 Å². The SMILES string of the molecule is COC(=O)C(C)(C)c1nc(N)sc1C. The third kappa shape index (κ3) is 1.72. The summed E-state index contributed by atoms with van der Waals surface area (Å²) < 4.78 is 4.72. The van der Waals surface area contributed by atoms with Gasteiger partial charge in [0.05, 0.1) is 12.8 Å². The molecule has 0 fully saturated rings. The molecule has 0 aliphatic rings. The first-order chi connectivity index (χ1) is 6.39. The number of esters is 1. The highest BCUT2D eigenvalue weighted by Crippen LogP contribution is 2.31. The molecule has 5 heteroatoms. The lowest BCUT2D eigenvalue weighted by molar-refractivity contribution is -0.146. The van der Waals surface area contributed by atoms with Gasteiger partial charge in [0, 0.05) is 4.88 Å². The molecule has 78 valence electrons. The Labute approximate surface area is 87.1 Å². The maximum Gasteiger partial charge on any atom is 0.317 e. The lowest BCUT2D eigenvalue weighted by atomic mass is 9.89. The Bertz CT molecular complexity index is 358. The van der Waals surface area contributed by atoms with Crippen molar-refractivity contribution < 1.29 is 9.53 Å². The number of nitrogens with two attached hydrogens (primary N) is 1. The van der Waals surface area contributed by atoms with Crippen molar-refractivity contribution in [2.24, 2.45) is 0 Å². The second-order valence-electron chi connectivity index (χ2n) is 3.57. The van der Waals surface area contributed by atoms with Crippen molar-refractivity contribution in [2.45, 2.75) is 26.2 Å². The van der Waals surface area contributed by atoms with E-state index in [1.165, 1.54) is 18.4 Å². The van der Waals surface area contributed by atoms with Crippen LogP contribution in [0.15, 0.2) is 0 Å². The Morgan fingerprint density at radius 1 is 1.57 bits per heavy atom. The average molecular weight is 214 g/mol. The smallest absolute Gasteiger partial charge is 0.317 e. The van der Waals surface area contributed by atoms with Gasteiger partial charge in [0.2, 0.25) is 0 Å². The highest BCUT2D eigenvalue weighted by molar-refractivity contribution is 7.15. The molecule has 4 nitrogen and oxygen atoms in total. The maximum absolute atomic E-state index is 11.5. The first-order valence-electron chi connectivity index (χ1n) is 4.21. The summed E-state index contributed by atoms with van der Waals surface area (Å²) >= 11 is 1.38. The molecule has 0 saturated heterocycles. The topological polar surface area (TPSA) is 65.2 Å². The van der Waals surface area contributed by atoms with Gasteiger partial charge in [-0.3, -0.25) is 4.79 Å². The lowest BCUT2D eigenvalue weighted by Gasteiger charge is -2.19. The largest absolute Gasteiger partial charge is 0.468 e. The van der Waals surface area contributed by atoms with Gasteiger partial charge >= 0.3 is 5.97 Å². The van der Waals surface area contributed by atoms with Crippen molar-refractivity contribution in [1.82, 2.24) is 4.98 Å². The predicted octanol–water partition coefficient (Wildman–Crippen LogP) is 1.48. The summed E-state index contributed by atoms with van der Waals surface area (Å²) in [6, 6.07) is 0. The molecule has 0 bridgehead atoms. The van der Waals surface area contributed by atoms with Gasteiger partial charge in [-0.25, -0.2) is 4.98 Å². The molecule has 1 aromatic heterocycles. The third-order valence-electron chi connectivity index (χ3n) is 2.10. The molecule has 0 saturated carbocycles. The molecule has 0 spiro atoms. The highest BCUT2D eigenvalue weighted by Gasteiger charge is 2.35. The van der Waals surface area contributed by atoms with Crippen LogP contribution in [0.4, 0.5) is 5.13 Å². The minimum atomic E-state index is -0.729. The Balaban J connectivity index is 3.15. The van der Waals surface area contributed by atoms with Crippen molar-refractivity contribution >= 4 is 22.4 Å². The van der Waals surface area contributed by atoms with Gasteiger partial charge in [-0.05, 0) is 20.8 Å². The number of nitrogen functional groups attached to an aromatic ring is 1. The second-order valence-corrected chi connectivity index (χ2v) is 4.81. The number of hydrogen-bond acceptors (Lipinski definition) is 5. The summed E-state index contributed by atoms with van der Waals surface area (Å²) in [5.41, 5.74) is 5.54. The van der Waals surface area contributed by atoms with Crippen molar-refractivity contribution in [3.8, 4) is 0 Å². The Kier molecular flexibility index (Phi) is 2.80. The number of anilines is 1. The third-order valence-corrected chi connectivity index (χ3v) is 2.90. The van der Waals surface area contributed by atoms with Crippen LogP contribution in [-0.4, -0.2) is 18.1 Å². The van der Waals surface area contributed by atoms with Crippen LogP contribution in [0.3, 0.4) is 0 Å². The monoisotopic (exact) mass is 214 g/mol. The lowest BCUT2D eigenvalue weighted by Crippen LogP contribution is -2.31. The van der Waals surface area contributed by atoms with Crippen LogP contribution in [0.1, 0.15) is 24.4 Å². The van der Waals surface area contributed by atoms with Gasteiger partial charge in [-0.1, -0.05) is 0 Å². The van der Waals surface area contributed by atoms with E-state index in [1.54, 1.807) is 13.8 Å². The number of thiazole rings is 1. The van der Waals surface area contributed by atoms with E-state index < -0.39 is 5.41 Å². The molecule has 0 aromatic carbocycles. The summed E-state index contributed by atoms with van der Waals surface area (Å²) in [6.07, 6.45) is 0. The van der Waals surface area contributed by atoms with E-state index in [0.29, 0.717) is 10.8 Å². The number of hydrogen-bond donors (Lipinski definition) is 1. The Morgan fingerprint density at radius 2 is 2.14 bits per heavy atom. The minimum absolute atomic E-state index is 0.300. The van der Waals surface area contributed by atoms with Crippen LogP contribution in [0.5, 0.6) is 0 Å². The summed E-state index contributed by atoms with van der Waals surface area (Å²) in [4.78, 5) is 16.6. The van der Waals surface area contributed by atoms with Gasteiger partial charge in [-0.2, -0.15) is 0 Å². The van der Waals surface area contributed by atoms with E-state index in [4.69, 9.17) is 10.5 Å². The molecule has 1 aromatic rings. The second kappa shape index (κ2) is 3.57. The van der Waals surface area contributed by atoms with E-state index in [0.717, 1.165) is 4.88 Å².